The zero-order valence-electron chi connectivity index (χ0n) is 13.4. The van der Waals surface area contributed by atoms with Gasteiger partial charge in [0.05, 0.1) is 0 Å². The van der Waals surface area contributed by atoms with Crippen LogP contribution in [0.5, 0.6) is 0 Å². The van der Waals surface area contributed by atoms with Gasteiger partial charge in [0.25, 0.3) is 5.91 Å². The molecule has 3 rings (SSSR count). The molecule has 0 unspecified atom stereocenters. The molecule has 0 saturated carbocycles. The molecule has 0 spiro atoms. The maximum atomic E-state index is 13.0. The molecule has 2 aromatic carbocycles. The minimum absolute atomic E-state index is 0.174. The smallest absolute Gasteiger partial charge is 0.254 e. The van der Waals surface area contributed by atoms with Gasteiger partial charge in [0.15, 0.2) is 0 Å². The van der Waals surface area contributed by atoms with E-state index in [2.05, 4.69) is 10.1 Å². The third kappa shape index (κ3) is 4.03. The van der Waals surface area contributed by atoms with Crippen molar-refractivity contribution in [3.05, 3.63) is 70.8 Å². The number of halogens is 2. The van der Waals surface area contributed by atoms with Gasteiger partial charge in [0, 0.05) is 22.7 Å². The Bertz CT molecular complexity index is 863. The summed E-state index contributed by atoms with van der Waals surface area (Å²) in [5.41, 5.74) is 1.17. The van der Waals surface area contributed by atoms with Crippen molar-refractivity contribution < 1.29 is 13.7 Å². The van der Waals surface area contributed by atoms with Gasteiger partial charge in [-0.1, -0.05) is 16.8 Å². The fraction of sp³-hybridized carbons (Fsp3) is 0.167. The predicted molar refractivity (Wildman–Crippen MR) is 91.6 cm³/mol. The van der Waals surface area contributed by atoms with E-state index in [-0.39, 0.29) is 18.3 Å². The monoisotopic (exact) mass is 359 g/mol. The minimum Gasteiger partial charge on any atom is -0.337 e. The maximum absolute atomic E-state index is 13.0. The second-order valence-electron chi connectivity index (χ2n) is 5.34. The number of amides is 1. The fourth-order valence-corrected chi connectivity index (χ4v) is 2.43. The number of carbonyl (C=O) groups is 1. The fourth-order valence-electron chi connectivity index (χ4n) is 2.30. The molecule has 0 atom stereocenters. The molecular formula is C18H15ClFN3O2. The van der Waals surface area contributed by atoms with Gasteiger partial charge in [-0.25, -0.2) is 4.39 Å². The first kappa shape index (κ1) is 17.1. The van der Waals surface area contributed by atoms with Crippen LogP contribution in [0.4, 0.5) is 4.39 Å². The summed E-state index contributed by atoms with van der Waals surface area (Å²) in [6.07, 6.45) is 0. The molecule has 0 saturated heterocycles. The third-order valence-corrected chi connectivity index (χ3v) is 3.91. The van der Waals surface area contributed by atoms with E-state index in [4.69, 9.17) is 16.1 Å². The van der Waals surface area contributed by atoms with Crippen LogP contribution in [0.1, 0.15) is 23.2 Å². The molecule has 1 heterocycles. The lowest BCUT2D eigenvalue weighted by Gasteiger charge is -2.18. The minimum atomic E-state index is -0.385. The number of nitrogens with zero attached hydrogens (tertiary/aromatic N) is 3. The summed E-state index contributed by atoms with van der Waals surface area (Å²) < 4.78 is 18.2. The molecule has 0 N–H and O–H groups in total. The van der Waals surface area contributed by atoms with E-state index in [1.54, 1.807) is 29.2 Å². The summed E-state index contributed by atoms with van der Waals surface area (Å²) in [7, 11) is 0. The van der Waals surface area contributed by atoms with E-state index in [1.807, 2.05) is 6.92 Å². The highest BCUT2D eigenvalue weighted by molar-refractivity contribution is 6.30. The van der Waals surface area contributed by atoms with Gasteiger partial charge in [-0.05, 0) is 55.5 Å². The Hall–Kier alpha value is -2.73. The summed E-state index contributed by atoms with van der Waals surface area (Å²) in [6.45, 7) is 2.47. The zero-order valence-corrected chi connectivity index (χ0v) is 14.2. The number of carbonyl (C=O) groups excluding carboxylic acids is 1. The van der Waals surface area contributed by atoms with Crippen LogP contribution >= 0.6 is 11.6 Å². The standard InChI is InChI=1S/C18H15ClFN3O2/c1-2-23(18(24)13-5-9-15(20)10-6-13)11-16-21-17(22-25-16)12-3-7-14(19)8-4-12/h3-10H,2,11H2,1H3. The molecule has 5 nitrogen and oxygen atoms in total. The summed E-state index contributed by atoms with van der Waals surface area (Å²) in [5, 5.41) is 4.55. The molecule has 1 amide bonds. The average molecular weight is 360 g/mol. The Morgan fingerprint density at radius 1 is 1.16 bits per heavy atom. The third-order valence-electron chi connectivity index (χ3n) is 3.66. The number of rotatable bonds is 5. The molecule has 3 aromatic rings. The summed E-state index contributed by atoms with van der Waals surface area (Å²) in [5.74, 6) is 0.136. The second kappa shape index (κ2) is 7.44. The number of benzene rings is 2. The Labute approximate surface area is 149 Å². The summed E-state index contributed by atoms with van der Waals surface area (Å²) >= 11 is 5.86. The number of hydrogen-bond acceptors (Lipinski definition) is 4. The van der Waals surface area contributed by atoms with Crippen LogP contribution in [0.3, 0.4) is 0 Å². The number of hydrogen-bond donors (Lipinski definition) is 0. The van der Waals surface area contributed by atoms with E-state index in [0.717, 1.165) is 5.56 Å². The van der Waals surface area contributed by atoms with Gasteiger partial charge in [-0.15, -0.1) is 0 Å². The van der Waals surface area contributed by atoms with Crippen molar-refractivity contribution in [1.29, 1.82) is 0 Å². The van der Waals surface area contributed by atoms with Crippen molar-refractivity contribution in [3.8, 4) is 11.4 Å². The largest absolute Gasteiger partial charge is 0.337 e. The lowest BCUT2D eigenvalue weighted by atomic mass is 10.2. The van der Waals surface area contributed by atoms with Gasteiger partial charge in [-0.2, -0.15) is 4.98 Å². The topological polar surface area (TPSA) is 59.2 Å². The summed E-state index contributed by atoms with van der Waals surface area (Å²) in [4.78, 5) is 18.4. The molecule has 25 heavy (non-hydrogen) atoms. The van der Waals surface area contributed by atoms with E-state index in [1.165, 1.54) is 24.3 Å². The molecule has 0 radical (unpaired) electrons. The molecule has 7 heteroatoms. The van der Waals surface area contributed by atoms with Crippen LogP contribution in [0.15, 0.2) is 53.1 Å². The highest BCUT2D eigenvalue weighted by Crippen LogP contribution is 2.19. The molecule has 0 fully saturated rings. The Balaban J connectivity index is 1.75. The lowest BCUT2D eigenvalue weighted by molar-refractivity contribution is 0.0734. The van der Waals surface area contributed by atoms with Crippen LogP contribution in [0.2, 0.25) is 5.02 Å². The van der Waals surface area contributed by atoms with Gasteiger partial charge in [0.2, 0.25) is 11.7 Å². The summed E-state index contributed by atoms with van der Waals surface area (Å²) in [6, 6.07) is 12.5. The maximum Gasteiger partial charge on any atom is 0.254 e. The molecule has 0 aliphatic rings. The van der Waals surface area contributed by atoms with Crippen molar-refractivity contribution in [1.82, 2.24) is 15.0 Å². The van der Waals surface area contributed by atoms with E-state index in [9.17, 15) is 9.18 Å². The first-order valence-corrected chi connectivity index (χ1v) is 8.08. The molecular weight excluding hydrogens is 345 g/mol. The van der Waals surface area contributed by atoms with E-state index < -0.39 is 0 Å². The molecule has 0 aliphatic heterocycles. The average Bonchev–Trinajstić information content (AvgIpc) is 3.09. The molecule has 0 bridgehead atoms. The highest BCUT2D eigenvalue weighted by Gasteiger charge is 2.18. The van der Waals surface area contributed by atoms with Crippen molar-refractivity contribution in [2.75, 3.05) is 6.54 Å². The Morgan fingerprint density at radius 3 is 2.48 bits per heavy atom. The molecule has 1 aromatic heterocycles. The Morgan fingerprint density at radius 2 is 1.84 bits per heavy atom. The van der Waals surface area contributed by atoms with Crippen molar-refractivity contribution >= 4 is 17.5 Å². The van der Waals surface area contributed by atoms with Crippen LogP contribution in [0.25, 0.3) is 11.4 Å². The van der Waals surface area contributed by atoms with Crippen molar-refractivity contribution in [3.63, 3.8) is 0 Å². The zero-order chi connectivity index (χ0) is 17.8. The van der Waals surface area contributed by atoms with Gasteiger partial charge in [-0.3, -0.25) is 4.79 Å². The van der Waals surface area contributed by atoms with Gasteiger partial charge < -0.3 is 9.42 Å². The van der Waals surface area contributed by atoms with Gasteiger partial charge >= 0.3 is 0 Å². The van der Waals surface area contributed by atoms with Crippen molar-refractivity contribution in [2.24, 2.45) is 0 Å². The highest BCUT2D eigenvalue weighted by atomic mass is 35.5. The van der Waals surface area contributed by atoms with Crippen LogP contribution < -0.4 is 0 Å². The van der Waals surface area contributed by atoms with Crippen LogP contribution in [-0.4, -0.2) is 27.5 Å². The normalized spacial score (nSPS) is 10.7. The first-order chi connectivity index (χ1) is 12.1. The van der Waals surface area contributed by atoms with E-state index in [0.29, 0.717) is 28.8 Å². The molecule has 128 valence electrons. The lowest BCUT2D eigenvalue weighted by Crippen LogP contribution is -2.30. The SMILES string of the molecule is CCN(Cc1nc(-c2ccc(Cl)cc2)no1)C(=O)c1ccc(F)cc1. The first-order valence-electron chi connectivity index (χ1n) is 7.70. The van der Waals surface area contributed by atoms with Gasteiger partial charge in [0.1, 0.15) is 12.4 Å². The van der Waals surface area contributed by atoms with Crippen molar-refractivity contribution in [2.45, 2.75) is 13.5 Å². The Kier molecular flexibility index (Phi) is 5.09. The molecule has 0 aliphatic carbocycles. The van der Waals surface area contributed by atoms with E-state index >= 15 is 0 Å². The quantitative estimate of drug-likeness (QED) is 0.685. The van der Waals surface area contributed by atoms with Crippen LogP contribution in [-0.2, 0) is 6.54 Å². The predicted octanol–water partition coefficient (Wildman–Crippen LogP) is 4.19. The second-order valence-corrected chi connectivity index (χ2v) is 5.78. The van der Waals surface area contributed by atoms with Crippen LogP contribution in [0, 0.1) is 5.82 Å². The number of aromatic nitrogens is 2.